The highest BCUT2D eigenvalue weighted by Crippen LogP contribution is 2.89. The number of morpholine rings is 1. The van der Waals surface area contributed by atoms with E-state index in [-0.39, 0.29) is 76.7 Å². The van der Waals surface area contributed by atoms with Crippen molar-refractivity contribution in [3.05, 3.63) is 0 Å². The van der Waals surface area contributed by atoms with Crippen LogP contribution in [0.4, 0.5) is 0 Å². The summed E-state index contributed by atoms with van der Waals surface area (Å²) in [4.78, 5) is 2.09. The first-order valence-electron chi connectivity index (χ1n) is 18.5. The average molecular weight is 650 g/mol. The smallest absolute Gasteiger partial charge is 0.170 e. The maximum absolute atomic E-state index is 12.4. The summed E-state index contributed by atoms with van der Waals surface area (Å²) < 4.78 is 19.5. The van der Waals surface area contributed by atoms with Crippen molar-refractivity contribution in [2.45, 2.75) is 148 Å². The zero-order valence-corrected chi connectivity index (χ0v) is 29.5. The highest BCUT2D eigenvalue weighted by molar-refractivity contribution is 5.33. The van der Waals surface area contributed by atoms with Crippen LogP contribution < -0.4 is 0 Å². The Labute approximate surface area is 276 Å². The van der Waals surface area contributed by atoms with Crippen LogP contribution in [0.1, 0.15) is 99.8 Å². The highest BCUT2D eigenvalue weighted by Gasteiger charge is 2.84. The van der Waals surface area contributed by atoms with Gasteiger partial charge in [-0.1, -0.05) is 34.6 Å². The van der Waals surface area contributed by atoms with Crippen molar-refractivity contribution in [1.82, 2.24) is 4.90 Å². The minimum Gasteiger partial charge on any atom is -0.395 e. The Morgan fingerprint density at radius 1 is 0.978 bits per heavy atom. The van der Waals surface area contributed by atoms with Gasteiger partial charge in [0.1, 0.15) is 6.10 Å². The van der Waals surface area contributed by atoms with Crippen molar-refractivity contribution >= 4 is 0 Å². The number of aliphatic hydroxyl groups excluding tert-OH is 4. The van der Waals surface area contributed by atoms with Crippen LogP contribution in [0, 0.1) is 50.7 Å². The lowest BCUT2D eigenvalue weighted by molar-refractivity contribution is -0.252. The van der Waals surface area contributed by atoms with Crippen molar-refractivity contribution in [1.29, 1.82) is 0 Å². The van der Waals surface area contributed by atoms with Crippen molar-refractivity contribution in [3.8, 4) is 0 Å². The number of fused-ring (bicyclic) bond motifs is 4. The van der Waals surface area contributed by atoms with E-state index in [1.54, 1.807) is 13.8 Å². The quantitative estimate of drug-likeness (QED) is 0.282. The number of rotatable bonds is 7. The fourth-order valence-corrected chi connectivity index (χ4v) is 13.7. The normalized spacial score (nSPS) is 52.2. The van der Waals surface area contributed by atoms with E-state index in [0.717, 1.165) is 32.1 Å². The van der Waals surface area contributed by atoms with Gasteiger partial charge < -0.3 is 39.7 Å². The third-order valence-corrected chi connectivity index (χ3v) is 16.2. The zero-order valence-electron chi connectivity index (χ0n) is 29.5. The van der Waals surface area contributed by atoms with Crippen molar-refractivity contribution in [3.63, 3.8) is 0 Å². The molecule has 0 aromatic rings. The van der Waals surface area contributed by atoms with Gasteiger partial charge >= 0.3 is 0 Å². The monoisotopic (exact) mass is 649 g/mol. The lowest BCUT2D eigenvalue weighted by Gasteiger charge is -2.64. The molecule has 2 aliphatic heterocycles. The Kier molecular flexibility index (Phi) is 8.21. The molecule has 9 nitrogen and oxygen atoms in total. The molecule has 7 aliphatic rings. The molecule has 264 valence electrons. The molecule has 7 fully saturated rings. The van der Waals surface area contributed by atoms with Gasteiger partial charge in [-0.2, -0.15) is 0 Å². The van der Waals surface area contributed by atoms with Crippen LogP contribution in [0.5, 0.6) is 0 Å². The Balaban J connectivity index is 1.11. The maximum Gasteiger partial charge on any atom is 0.170 e. The molecule has 2 heterocycles. The first-order valence-corrected chi connectivity index (χ1v) is 18.5. The molecule has 0 amide bonds. The molecule has 0 aromatic carbocycles. The van der Waals surface area contributed by atoms with E-state index in [1.807, 2.05) is 0 Å². The van der Waals surface area contributed by atoms with Gasteiger partial charge in [0.2, 0.25) is 0 Å². The first-order chi connectivity index (χ1) is 21.5. The molecule has 5 N–H and O–H groups in total. The van der Waals surface area contributed by atoms with E-state index in [9.17, 15) is 25.5 Å². The summed E-state index contributed by atoms with van der Waals surface area (Å²) in [5.41, 5.74) is -1.08. The predicted octanol–water partition coefficient (Wildman–Crippen LogP) is 3.33. The summed E-state index contributed by atoms with van der Waals surface area (Å²) in [6.45, 7) is 16.9. The summed E-state index contributed by atoms with van der Waals surface area (Å²) >= 11 is 0. The van der Waals surface area contributed by atoms with Crippen molar-refractivity contribution in [2.75, 3.05) is 32.9 Å². The molecule has 7 unspecified atom stereocenters. The summed E-state index contributed by atoms with van der Waals surface area (Å²) in [5.74, 6) is 1.50. The van der Waals surface area contributed by atoms with Crippen LogP contribution in [-0.4, -0.2) is 112 Å². The van der Waals surface area contributed by atoms with Crippen molar-refractivity contribution < 1.29 is 39.7 Å². The Morgan fingerprint density at radius 3 is 2.33 bits per heavy atom. The number of aliphatic hydroxyl groups is 5. The molecule has 2 spiro atoms. The summed E-state index contributed by atoms with van der Waals surface area (Å²) in [6.07, 6.45) is 5.99. The van der Waals surface area contributed by atoms with E-state index in [1.165, 1.54) is 12.8 Å². The lowest BCUT2D eigenvalue weighted by atomic mass is 9.41. The van der Waals surface area contributed by atoms with Crippen LogP contribution >= 0.6 is 0 Å². The van der Waals surface area contributed by atoms with Crippen LogP contribution in [0.3, 0.4) is 0 Å². The topological polar surface area (TPSA) is 132 Å². The summed E-state index contributed by atoms with van der Waals surface area (Å²) in [6, 6.07) is -0.279. The second kappa shape index (κ2) is 11.1. The number of ether oxygens (including phenoxy) is 3. The molecule has 7 rings (SSSR count). The van der Waals surface area contributed by atoms with Gasteiger partial charge in [0, 0.05) is 12.0 Å². The molecule has 0 radical (unpaired) electrons. The lowest BCUT2D eigenvalue weighted by Crippen LogP contribution is -2.60. The predicted molar refractivity (Wildman–Crippen MR) is 173 cm³/mol. The third kappa shape index (κ3) is 4.44. The Morgan fingerprint density at radius 2 is 1.65 bits per heavy atom. The van der Waals surface area contributed by atoms with Crippen LogP contribution in [0.25, 0.3) is 0 Å². The summed E-state index contributed by atoms with van der Waals surface area (Å²) in [5, 5.41) is 53.5. The second-order valence-electron chi connectivity index (χ2n) is 18.6. The molecule has 0 bridgehead atoms. The third-order valence-electron chi connectivity index (χ3n) is 16.2. The standard InChI is InChI=1S/C37H63NO8/c1-21-16-23(30(41)33(4,5)43)45-29-28(21)34(6)12-13-37-20-36(37)11-10-26(46-27-17-38(14-15-44-27)22(18-39)19-40)32(2,3)24(36)8-9-25(37)35(34,7)31(29)42/h21-31,39-43H,8-20H2,1-7H3/t21-,23?,24?,25+,26+,27?,28?,29?,30+,31+,34-,35?,36-,37?/m1/s1. The first kappa shape index (κ1) is 34.1. The van der Waals surface area contributed by atoms with Gasteiger partial charge in [-0.15, -0.1) is 0 Å². The van der Waals surface area contributed by atoms with Gasteiger partial charge in [0.15, 0.2) is 6.29 Å². The van der Waals surface area contributed by atoms with Gasteiger partial charge in [-0.25, -0.2) is 0 Å². The van der Waals surface area contributed by atoms with E-state index in [4.69, 9.17) is 14.2 Å². The van der Waals surface area contributed by atoms with Gasteiger partial charge in [0.05, 0.1) is 62.4 Å². The van der Waals surface area contributed by atoms with Gasteiger partial charge in [0.25, 0.3) is 0 Å². The molecule has 5 saturated carbocycles. The zero-order chi connectivity index (χ0) is 33.2. The Bertz CT molecular complexity index is 1160. The minimum absolute atomic E-state index is 0.0201. The molecule has 5 aliphatic carbocycles. The molecular weight excluding hydrogens is 586 g/mol. The molecule has 9 heteroatoms. The molecule has 46 heavy (non-hydrogen) atoms. The Hall–Kier alpha value is -0.360. The van der Waals surface area contributed by atoms with E-state index in [0.29, 0.717) is 38.0 Å². The van der Waals surface area contributed by atoms with Crippen LogP contribution in [0.15, 0.2) is 0 Å². The van der Waals surface area contributed by atoms with E-state index < -0.39 is 23.9 Å². The fourth-order valence-electron chi connectivity index (χ4n) is 13.7. The van der Waals surface area contributed by atoms with Crippen molar-refractivity contribution in [2.24, 2.45) is 50.7 Å². The van der Waals surface area contributed by atoms with Crippen LogP contribution in [-0.2, 0) is 14.2 Å². The van der Waals surface area contributed by atoms with E-state index in [2.05, 4.69) is 39.5 Å². The molecule has 2 saturated heterocycles. The molecule has 0 aromatic heterocycles. The van der Waals surface area contributed by atoms with E-state index >= 15 is 0 Å². The molecular formula is C37H63NO8. The fraction of sp³-hybridized carbons (Fsp3) is 1.00. The highest BCUT2D eigenvalue weighted by atomic mass is 16.7. The minimum atomic E-state index is -1.26. The average Bonchev–Trinajstić information content (AvgIpc) is 3.63. The van der Waals surface area contributed by atoms with Gasteiger partial charge in [-0.3, -0.25) is 4.90 Å². The molecule has 14 atom stereocenters. The number of hydrogen-bond acceptors (Lipinski definition) is 9. The second-order valence-corrected chi connectivity index (χ2v) is 18.6. The SMILES string of the molecule is C[C@@H]1CC([C@H](O)C(C)(C)O)OC2C1[C@@]1(C)CCC34C[C@@]35CC[C@H](OC3CN(C(CO)CO)CCO3)C(C)(C)C5CC[C@H]4C1(C)[C@H]2O. The largest absolute Gasteiger partial charge is 0.395 e. The number of hydrogen-bond donors (Lipinski definition) is 5. The summed E-state index contributed by atoms with van der Waals surface area (Å²) in [7, 11) is 0. The maximum atomic E-state index is 12.4. The number of nitrogens with zero attached hydrogens (tertiary/aromatic N) is 1. The van der Waals surface area contributed by atoms with Gasteiger partial charge in [-0.05, 0) is 111 Å². The van der Waals surface area contributed by atoms with Crippen LogP contribution in [0.2, 0.25) is 0 Å².